The van der Waals surface area contributed by atoms with Gasteiger partial charge in [0.05, 0.1) is 5.56 Å². The fraction of sp³-hybridized carbons (Fsp3) is 0.0870. The quantitative estimate of drug-likeness (QED) is 0.225. The molecule has 0 spiro atoms. The van der Waals surface area contributed by atoms with Crippen molar-refractivity contribution in [1.82, 2.24) is 4.57 Å². The van der Waals surface area contributed by atoms with Crippen LogP contribution in [0.25, 0.3) is 21.8 Å². The van der Waals surface area contributed by atoms with E-state index in [1.165, 1.54) is 6.92 Å². The molecule has 28 heavy (non-hydrogen) atoms. The molecule has 0 saturated carbocycles. The fourth-order valence-corrected chi connectivity index (χ4v) is 3.29. The van der Waals surface area contributed by atoms with Crippen LogP contribution in [0.1, 0.15) is 27.6 Å². The van der Waals surface area contributed by atoms with Gasteiger partial charge in [0.25, 0.3) is 0 Å². The molecule has 0 atom stereocenters. The molecule has 1 aromatic heterocycles. The third-order valence-electron chi connectivity index (χ3n) is 4.78. The molecule has 0 saturated heterocycles. The zero-order chi connectivity index (χ0) is 19.7. The van der Waals surface area contributed by atoms with Crippen molar-refractivity contribution < 1.29 is 14.4 Å². The maximum atomic E-state index is 12.7. The van der Waals surface area contributed by atoms with Crippen molar-refractivity contribution in [3.63, 3.8) is 0 Å². The minimum atomic E-state index is -0.600. The molecular formula is C23H18N2O3. The monoisotopic (exact) mass is 370 g/mol. The lowest BCUT2D eigenvalue weighted by atomic mass is 10.0. The van der Waals surface area contributed by atoms with Crippen LogP contribution in [0.4, 0.5) is 0 Å². The van der Waals surface area contributed by atoms with Gasteiger partial charge in [-0.1, -0.05) is 53.7 Å². The topological polar surface area (TPSA) is 60.7 Å². The van der Waals surface area contributed by atoms with Crippen LogP contribution in [0.3, 0.4) is 0 Å². The van der Waals surface area contributed by atoms with Crippen LogP contribution < -0.4 is 0 Å². The predicted octanol–water partition coefficient (Wildman–Crippen LogP) is 4.75. The molecule has 0 aliphatic heterocycles. The summed E-state index contributed by atoms with van der Waals surface area (Å²) in [6.45, 7) is 1.53. The van der Waals surface area contributed by atoms with Crippen molar-refractivity contribution >= 4 is 39.3 Å². The second-order valence-corrected chi connectivity index (χ2v) is 6.56. The zero-order valence-electron chi connectivity index (χ0n) is 15.5. The molecule has 3 aromatic carbocycles. The number of aromatic nitrogens is 1. The normalized spacial score (nSPS) is 11.7. The van der Waals surface area contributed by atoms with Crippen LogP contribution in [-0.4, -0.2) is 22.0 Å². The average Bonchev–Trinajstić information content (AvgIpc) is 3.04. The van der Waals surface area contributed by atoms with Crippen molar-refractivity contribution in [2.75, 3.05) is 0 Å². The Balaban J connectivity index is 1.62. The number of rotatable bonds is 4. The number of ketones is 1. The average molecular weight is 370 g/mol. The lowest BCUT2D eigenvalue weighted by Gasteiger charge is -2.03. The van der Waals surface area contributed by atoms with E-state index in [1.54, 1.807) is 36.4 Å². The number of hydrogen-bond donors (Lipinski definition) is 0. The first-order valence-corrected chi connectivity index (χ1v) is 8.89. The second kappa shape index (κ2) is 7.12. The molecule has 0 radical (unpaired) electrons. The fourth-order valence-electron chi connectivity index (χ4n) is 3.29. The van der Waals surface area contributed by atoms with Gasteiger partial charge in [0.2, 0.25) is 5.78 Å². The van der Waals surface area contributed by atoms with E-state index in [2.05, 4.69) is 15.8 Å². The van der Waals surface area contributed by atoms with E-state index >= 15 is 0 Å². The summed E-state index contributed by atoms with van der Waals surface area (Å²) < 4.78 is 2.06. The molecule has 0 unspecified atom stereocenters. The number of oxime groups is 1. The Labute approximate surface area is 161 Å². The lowest BCUT2D eigenvalue weighted by molar-refractivity contribution is 0.0515. The Morgan fingerprint density at radius 1 is 0.821 bits per heavy atom. The minimum absolute atomic E-state index is 0.113. The summed E-state index contributed by atoms with van der Waals surface area (Å²) in [5.74, 6) is -0.884. The van der Waals surface area contributed by atoms with Crippen LogP contribution in [0, 0.1) is 0 Å². The largest absolute Gasteiger partial charge is 0.365 e. The number of para-hydroxylation sites is 1. The summed E-state index contributed by atoms with van der Waals surface area (Å²) in [4.78, 5) is 29.6. The van der Waals surface area contributed by atoms with Gasteiger partial charge in [-0.15, -0.1) is 0 Å². The van der Waals surface area contributed by atoms with Gasteiger partial charge in [-0.05, 0) is 31.2 Å². The first kappa shape index (κ1) is 17.7. The number of Topliss-reactive ketones (excluding diaryl/α,β-unsaturated/α-hetero) is 1. The highest BCUT2D eigenvalue weighted by Gasteiger charge is 2.15. The van der Waals surface area contributed by atoms with Crippen molar-refractivity contribution in [2.24, 2.45) is 12.2 Å². The number of carbonyl (C=O) groups excluding carboxylic acids is 2. The summed E-state index contributed by atoms with van der Waals surface area (Å²) in [7, 11) is 1.97. The van der Waals surface area contributed by atoms with Gasteiger partial charge in [-0.2, -0.15) is 0 Å². The number of nitrogens with zero attached hydrogens (tertiary/aromatic N) is 2. The van der Waals surface area contributed by atoms with Crippen LogP contribution in [-0.2, 0) is 11.9 Å². The molecule has 5 nitrogen and oxygen atoms in total. The third-order valence-corrected chi connectivity index (χ3v) is 4.78. The summed E-state index contributed by atoms with van der Waals surface area (Å²) in [6.07, 6.45) is 0. The Bertz CT molecular complexity index is 1240. The standard InChI is InChI=1S/C23H18N2O3/c1-15(24-28-23(27)16-8-4-3-5-9-16)22(26)17-12-13-19-18-10-6-7-11-20(18)25(2)21(19)14-17/h3-14H,1-2H3/b24-15+. The summed E-state index contributed by atoms with van der Waals surface area (Å²) in [5.41, 5.74) is 3.05. The van der Waals surface area contributed by atoms with Gasteiger partial charge >= 0.3 is 5.97 Å². The lowest BCUT2D eigenvalue weighted by Crippen LogP contribution is -2.12. The first-order valence-electron chi connectivity index (χ1n) is 8.89. The third kappa shape index (κ3) is 3.07. The van der Waals surface area contributed by atoms with Crippen molar-refractivity contribution in [1.29, 1.82) is 0 Å². The van der Waals surface area contributed by atoms with E-state index in [4.69, 9.17) is 4.84 Å². The van der Waals surface area contributed by atoms with E-state index in [1.807, 2.05) is 37.4 Å². The maximum absolute atomic E-state index is 12.7. The molecule has 138 valence electrons. The first-order chi connectivity index (χ1) is 13.6. The van der Waals surface area contributed by atoms with Crippen molar-refractivity contribution in [3.8, 4) is 0 Å². The van der Waals surface area contributed by atoms with Gasteiger partial charge in [-0.25, -0.2) is 4.79 Å². The number of fused-ring (bicyclic) bond motifs is 3. The highest BCUT2D eigenvalue weighted by molar-refractivity contribution is 6.45. The second-order valence-electron chi connectivity index (χ2n) is 6.56. The molecule has 5 heteroatoms. The van der Waals surface area contributed by atoms with Gasteiger partial charge in [0.15, 0.2) is 0 Å². The van der Waals surface area contributed by atoms with E-state index in [9.17, 15) is 9.59 Å². The Hall–Kier alpha value is -3.73. The van der Waals surface area contributed by atoms with Gasteiger partial charge in [0.1, 0.15) is 5.71 Å². The summed E-state index contributed by atoms with van der Waals surface area (Å²) in [5, 5.41) is 5.96. The van der Waals surface area contributed by atoms with Crippen molar-refractivity contribution in [2.45, 2.75) is 6.92 Å². The van der Waals surface area contributed by atoms with Crippen LogP contribution in [0.5, 0.6) is 0 Å². The molecule has 4 aromatic rings. The highest BCUT2D eigenvalue weighted by Crippen LogP contribution is 2.28. The van der Waals surface area contributed by atoms with E-state index in [-0.39, 0.29) is 11.5 Å². The number of benzene rings is 3. The predicted molar refractivity (Wildman–Crippen MR) is 110 cm³/mol. The van der Waals surface area contributed by atoms with Crippen LogP contribution >= 0.6 is 0 Å². The molecule has 1 heterocycles. The maximum Gasteiger partial charge on any atom is 0.365 e. The smallest absolute Gasteiger partial charge is 0.344 e. The minimum Gasteiger partial charge on any atom is -0.344 e. The highest BCUT2D eigenvalue weighted by atomic mass is 16.7. The SMILES string of the molecule is C/C(=N\OC(=O)c1ccccc1)C(=O)c1ccc2c3ccccc3n(C)c2c1. The zero-order valence-corrected chi connectivity index (χ0v) is 15.5. The van der Waals surface area contributed by atoms with Crippen molar-refractivity contribution in [3.05, 3.63) is 83.9 Å². The number of carbonyl (C=O) groups is 2. The molecule has 4 rings (SSSR count). The molecule has 0 fully saturated rings. The molecular weight excluding hydrogens is 352 g/mol. The summed E-state index contributed by atoms with van der Waals surface area (Å²) in [6, 6.07) is 22.2. The molecule has 0 bridgehead atoms. The van der Waals surface area contributed by atoms with Gasteiger partial charge in [0, 0.05) is 34.4 Å². The Morgan fingerprint density at radius 2 is 1.50 bits per heavy atom. The van der Waals surface area contributed by atoms with Crippen LogP contribution in [0.15, 0.2) is 78.0 Å². The number of aryl methyl sites for hydroxylation is 1. The van der Waals surface area contributed by atoms with Gasteiger partial charge < -0.3 is 9.40 Å². The van der Waals surface area contributed by atoms with Gasteiger partial charge in [-0.3, -0.25) is 4.79 Å². The Kier molecular flexibility index (Phi) is 4.49. The molecule has 0 N–H and O–H groups in total. The molecule has 0 aliphatic rings. The Morgan fingerprint density at radius 3 is 2.29 bits per heavy atom. The number of hydrogen-bond acceptors (Lipinski definition) is 4. The van der Waals surface area contributed by atoms with E-state index in [0.717, 1.165) is 21.8 Å². The van der Waals surface area contributed by atoms with E-state index in [0.29, 0.717) is 11.1 Å². The molecule has 0 amide bonds. The van der Waals surface area contributed by atoms with E-state index < -0.39 is 5.97 Å². The molecule has 0 aliphatic carbocycles. The van der Waals surface area contributed by atoms with Crippen LogP contribution in [0.2, 0.25) is 0 Å². The summed E-state index contributed by atoms with van der Waals surface area (Å²) >= 11 is 0.